The minimum atomic E-state index is -0.166. The van der Waals surface area contributed by atoms with E-state index in [-0.39, 0.29) is 5.38 Å². The Morgan fingerprint density at radius 1 is 1.41 bits per heavy atom. The molecule has 0 saturated carbocycles. The summed E-state index contributed by atoms with van der Waals surface area (Å²) in [6.45, 7) is 2.61. The first-order chi connectivity index (χ1) is 8.22. The average Bonchev–Trinajstić information content (AvgIpc) is 2.84. The van der Waals surface area contributed by atoms with Crippen molar-refractivity contribution < 1.29 is 4.74 Å². The van der Waals surface area contributed by atoms with Crippen LogP contribution in [0.2, 0.25) is 0 Å². The molecule has 0 aliphatic carbocycles. The molecule has 1 atom stereocenters. The number of benzene rings is 1. The molecule has 1 aromatic heterocycles. The fourth-order valence-corrected chi connectivity index (χ4v) is 3.05. The standard InChI is InChI=1S/C13H12BrClOS/c1-2-16-12-4-3-10(14)7-11(12)13(15)9-5-6-17-8-9/h3-8,13H,2H2,1H3. The first-order valence-electron chi connectivity index (χ1n) is 5.30. The van der Waals surface area contributed by atoms with Gasteiger partial charge in [0, 0.05) is 10.0 Å². The Bertz CT molecular complexity index is 484. The summed E-state index contributed by atoms with van der Waals surface area (Å²) in [5, 5.41) is 3.93. The first kappa shape index (κ1) is 12.9. The van der Waals surface area contributed by atoms with Crippen molar-refractivity contribution in [2.75, 3.05) is 6.61 Å². The zero-order chi connectivity index (χ0) is 12.3. The third kappa shape index (κ3) is 3.03. The molecule has 90 valence electrons. The molecule has 0 saturated heterocycles. The predicted octanol–water partition coefficient (Wildman–Crippen LogP) is 5.24. The lowest BCUT2D eigenvalue weighted by atomic mass is 10.1. The van der Waals surface area contributed by atoms with Crippen LogP contribution < -0.4 is 4.74 Å². The minimum absolute atomic E-state index is 0.166. The number of ether oxygens (including phenoxy) is 1. The Morgan fingerprint density at radius 3 is 2.88 bits per heavy atom. The van der Waals surface area contributed by atoms with Crippen molar-refractivity contribution in [2.24, 2.45) is 0 Å². The number of thiophene rings is 1. The van der Waals surface area contributed by atoms with Crippen LogP contribution >= 0.6 is 38.9 Å². The largest absolute Gasteiger partial charge is 0.494 e. The van der Waals surface area contributed by atoms with E-state index in [1.165, 1.54) is 0 Å². The number of hydrogen-bond acceptors (Lipinski definition) is 2. The smallest absolute Gasteiger partial charge is 0.124 e. The highest BCUT2D eigenvalue weighted by Crippen LogP contribution is 2.37. The molecule has 1 aromatic carbocycles. The Morgan fingerprint density at radius 2 is 2.24 bits per heavy atom. The van der Waals surface area contributed by atoms with Crippen LogP contribution in [0.25, 0.3) is 0 Å². The summed E-state index contributed by atoms with van der Waals surface area (Å²) in [6, 6.07) is 7.97. The Labute approximate surface area is 119 Å². The summed E-state index contributed by atoms with van der Waals surface area (Å²) in [5.74, 6) is 0.849. The van der Waals surface area contributed by atoms with Crippen molar-refractivity contribution >= 4 is 38.9 Å². The number of halogens is 2. The van der Waals surface area contributed by atoms with E-state index in [0.717, 1.165) is 21.3 Å². The van der Waals surface area contributed by atoms with Crippen LogP contribution in [-0.2, 0) is 0 Å². The van der Waals surface area contributed by atoms with E-state index in [9.17, 15) is 0 Å². The van der Waals surface area contributed by atoms with Gasteiger partial charge in [-0.1, -0.05) is 15.9 Å². The molecule has 17 heavy (non-hydrogen) atoms. The van der Waals surface area contributed by atoms with Gasteiger partial charge in [0.15, 0.2) is 0 Å². The van der Waals surface area contributed by atoms with Gasteiger partial charge in [0.1, 0.15) is 5.75 Å². The first-order valence-corrected chi connectivity index (χ1v) is 7.48. The van der Waals surface area contributed by atoms with Gasteiger partial charge in [0.05, 0.1) is 12.0 Å². The number of alkyl halides is 1. The minimum Gasteiger partial charge on any atom is -0.494 e. The molecule has 0 bridgehead atoms. The molecule has 4 heteroatoms. The molecule has 0 amide bonds. The second-order valence-electron chi connectivity index (χ2n) is 3.53. The maximum atomic E-state index is 6.49. The van der Waals surface area contributed by atoms with E-state index in [4.69, 9.17) is 16.3 Å². The second-order valence-corrected chi connectivity index (χ2v) is 5.67. The maximum absolute atomic E-state index is 6.49. The van der Waals surface area contributed by atoms with Gasteiger partial charge < -0.3 is 4.74 Å². The molecule has 2 rings (SSSR count). The van der Waals surface area contributed by atoms with Crippen LogP contribution in [0.4, 0.5) is 0 Å². The van der Waals surface area contributed by atoms with Crippen molar-refractivity contribution in [3.8, 4) is 5.75 Å². The van der Waals surface area contributed by atoms with E-state index in [2.05, 4.69) is 21.3 Å². The normalized spacial score (nSPS) is 12.4. The molecular weight excluding hydrogens is 320 g/mol. The van der Waals surface area contributed by atoms with Crippen LogP contribution in [0.5, 0.6) is 5.75 Å². The Balaban J connectivity index is 2.38. The van der Waals surface area contributed by atoms with E-state index >= 15 is 0 Å². The van der Waals surface area contributed by atoms with Crippen LogP contribution in [0, 0.1) is 0 Å². The van der Waals surface area contributed by atoms with Crippen molar-refractivity contribution in [3.05, 3.63) is 50.6 Å². The van der Waals surface area contributed by atoms with E-state index in [1.807, 2.05) is 36.6 Å². The third-order valence-corrected chi connectivity index (χ3v) is 4.06. The second kappa shape index (κ2) is 5.89. The summed E-state index contributed by atoms with van der Waals surface area (Å²) in [6.07, 6.45) is 0. The third-order valence-electron chi connectivity index (χ3n) is 2.38. The van der Waals surface area contributed by atoms with Gasteiger partial charge >= 0.3 is 0 Å². The molecule has 1 heterocycles. The maximum Gasteiger partial charge on any atom is 0.124 e. The van der Waals surface area contributed by atoms with Crippen LogP contribution in [0.3, 0.4) is 0 Å². The molecule has 0 fully saturated rings. The van der Waals surface area contributed by atoms with Gasteiger partial charge in [-0.2, -0.15) is 11.3 Å². The van der Waals surface area contributed by atoms with Gasteiger partial charge in [-0.15, -0.1) is 11.6 Å². The van der Waals surface area contributed by atoms with E-state index in [0.29, 0.717) is 6.61 Å². The predicted molar refractivity (Wildman–Crippen MR) is 77.3 cm³/mol. The summed E-state index contributed by atoms with van der Waals surface area (Å²) in [4.78, 5) is 0. The zero-order valence-corrected chi connectivity index (χ0v) is 12.5. The van der Waals surface area contributed by atoms with Crippen molar-refractivity contribution in [2.45, 2.75) is 12.3 Å². The van der Waals surface area contributed by atoms with Crippen LogP contribution in [-0.4, -0.2) is 6.61 Å². The molecule has 0 radical (unpaired) electrons. The number of hydrogen-bond donors (Lipinski definition) is 0. The topological polar surface area (TPSA) is 9.23 Å². The molecule has 0 N–H and O–H groups in total. The molecule has 1 nitrogen and oxygen atoms in total. The van der Waals surface area contributed by atoms with Crippen LogP contribution in [0.15, 0.2) is 39.5 Å². The fourth-order valence-electron chi connectivity index (χ4n) is 1.60. The van der Waals surface area contributed by atoms with E-state index in [1.54, 1.807) is 11.3 Å². The highest BCUT2D eigenvalue weighted by Gasteiger charge is 2.16. The lowest BCUT2D eigenvalue weighted by molar-refractivity contribution is 0.337. The summed E-state index contributed by atoms with van der Waals surface area (Å²) >= 11 is 11.6. The highest BCUT2D eigenvalue weighted by molar-refractivity contribution is 9.10. The highest BCUT2D eigenvalue weighted by atomic mass is 79.9. The van der Waals surface area contributed by atoms with Crippen molar-refractivity contribution in [1.82, 2.24) is 0 Å². The van der Waals surface area contributed by atoms with Gasteiger partial charge in [0.2, 0.25) is 0 Å². The average molecular weight is 332 g/mol. The Kier molecular flexibility index (Phi) is 4.48. The van der Waals surface area contributed by atoms with Gasteiger partial charge in [-0.3, -0.25) is 0 Å². The summed E-state index contributed by atoms with van der Waals surface area (Å²) in [7, 11) is 0. The van der Waals surface area contributed by atoms with Gasteiger partial charge in [0.25, 0.3) is 0 Å². The molecule has 0 spiro atoms. The summed E-state index contributed by atoms with van der Waals surface area (Å²) in [5.41, 5.74) is 2.11. The summed E-state index contributed by atoms with van der Waals surface area (Å²) < 4.78 is 6.62. The van der Waals surface area contributed by atoms with E-state index < -0.39 is 0 Å². The van der Waals surface area contributed by atoms with Crippen molar-refractivity contribution in [3.63, 3.8) is 0 Å². The lowest BCUT2D eigenvalue weighted by Gasteiger charge is -2.14. The molecular formula is C13H12BrClOS. The Hall–Kier alpha value is -0.510. The van der Waals surface area contributed by atoms with Gasteiger partial charge in [-0.25, -0.2) is 0 Å². The fraction of sp³-hybridized carbons (Fsp3) is 0.231. The van der Waals surface area contributed by atoms with Gasteiger partial charge in [-0.05, 0) is 47.5 Å². The van der Waals surface area contributed by atoms with Crippen LogP contribution in [0.1, 0.15) is 23.4 Å². The number of rotatable bonds is 4. The lowest BCUT2D eigenvalue weighted by Crippen LogP contribution is -1.99. The quantitative estimate of drug-likeness (QED) is 0.696. The molecule has 2 aromatic rings. The molecule has 0 aliphatic rings. The van der Waals surface area contributed by atoms with Crippen molar-refractivity contribution in [1.29, 1.82) is 0 Å². The zero-order valence-electron chi connectivity index (χ0n) is 9.32. The monoisotopic (exact) mass is 330 g/mol. The SMILES string of the molecule is CCOc1ccc(Br)cc1C(Cl)c1ccsc1. The molecule has 1 unspecified atom stereocenters. The molecule has 0 aliphatic heterocycles.